The molecule has 4 nitrogen and oxygen atoms in total. The van der Waals surface area contributed by atoms with Gasteiger partial charge in [0.1, 0.15) is 6.61 Å². The summed E-state index contributed by atoms with van der Waals surface area (Å²) in [6, 6.07) is 25.0. The van der Waals surface area contributed by atoms with Crippen LogP contribution >= 0.6 is 0 Å². The lowest BCUT2D eigenvalue weighted by atomic mass is 9.84. The Labute approximate surface area is 190 Å². The zero-order valence-electron chi connectivity index (χ0n) is 19.1. The second-order valence-electron chi connectivity index (χ2n) is 8.91. The van der Waals surface area contributed by atoms with Crippen molar-refractivity contribution in [3.05, 3.63) is 107 Å². The van der Waals surface area contributed by atoms with Gasteiger partial charge in [-0.25, -0.2) is 4.79 Å². The van der Waals surface area contributed by atoms with Gasteiger partial charge in [0.2, 0.25) is 0 Å². The van der Waals surface area contributed by atoms with E-state index in [2.05, 4.69) is 32.9 Å². The lowest BCUT2D eigenvalue weighted by Crippen LogP contribution is -2.19. The van der Waals surface area contributed by atoms with Crippen molar-refractivity contribution in [3.63, 3.8) is 0 Å². The van der Waals surface area contributed by atoms with E-state index in [0.29, 0.717) is 12.0 Å². The molecule has 0 aliphatic heterocycles. The third kappa shape index (κ3) is 6.07. The highest BCUT2D eigenvalue weighted by molar-refractivity contribution is 5.89. The first-order valence-electron chi connectivity index (χ1n) is 10.8. The Morgan fingerprint density at radius 2 is 1.44 bits per heavy atom. The Morgan fingerprint density at radius 3 is 2.00 bits per heavy atom. The SMILES string of the molecule is COC(=O)c1ccc(CC(C(=O)OCc2ccccc2)c2ccc(C(C)(C)C)cc2)cc1. The van der Waals surface area contributed by atoms with Crippen molar-refractivity contribution < 1.29 is 19.1 Å². The quantitative estimate of drug-likeness (QED) is 0.442. The van der Waals surface area contributed by atoms with Gasteiger partial charge in [-0.2, -0.15) is 0 Å². The van der Waals surface area contributed by atoms with E-state index in [0.717, 1.165) is 16.7 Å². The van der Waals surface area contributed by atoms with E-state index in [9.17, 15) is 9.59 Å². The van der Waals surface area contributed by atoms with Crippen molar-refractivity contribution in [2.24, 2.45) is 0 Å². The predicted octanol–water partition coefficient (Wildman–Crippen LogP) is 5.84. The molecule has 166 valence electrons. The molecule has 0 fully saturated rings. The maximum absolute atomic E-state index is 13.1. The van der Waals surface area contributed by atoms with Crippen molar-refractivity contribution >= 4 is 11.9 Å². The molecule has 3 aromatic carbocycles. The van der Waals surface area contributed by atoms with Crippen molar-refractivity contribution in [1.82, 2.24) is 0 Å². The van der Waals surface area contributed by atoms with E-state index in [4.69, 9.17) is 9.47 Å². The summed E-state index contributed by atoms with van der Waals surface area (Å²) in [5.74, 6) is -1.10. The Morgan fingerprint density at radius 1 is 0.812 bits per heavy atom. The molecule has 3 rings (SSSR count). The molecule has 0 saturated carbocycles. The maximum atomic E-state index is 13.1. The highest BCUT2D eigenvalue weighted by Gasteiger charge is 2.24. The summed E-state index contributed by atoms with van der Waals surface area (Å²) in [5, 5.41) is 0. The molecule has 0 aliphatic rings. The van der Waals surface area contributed by atoms with Crippen LogP contribution in [-0.2, 0) is 32.7 Å². The van der Waals surface area contributed by atoms with Crippen LogP contribution in [0.1, 0.15) is 59.3 Å². The maximum Gasteiger partial charge on any atom is 0.337 e. The minimum atomic E-state index is -0.447. The molecule has 1 unspecified atom stereocenters. The van der Waals surface area contributed by atoms with Crippen LogP contribution in [0, 0.1) is 0 Å². The second kappa shape index (κ2) is 10.3. The van der Waals surface area contributed by atoms with Crippen LogP contribution in [0.25, 0.3) is 0 Å². The third-order valence-corrected chi connectivity index (χ3v) is 5.50. The number of benzene rings is 3. The molecule has 4 heteroatoms. The smallest absolute Gasteiger partial charge is 0.337 e. The molecule has 0 N–H and O–H groups in total. The molecule has 1 atom stereocenters. The molecule has 0 amide bonds. The Balaban J connectivity index is 1.83. The molecule has 0 aromatic heterocycles. The fourth-order valence-corrected chi connectivity index (χ4v) is 3.51. The van der Waals surface area contributed by atoms with E-state index in [1.165, 1.54) is 12.7 Å². The van der Waals surface area contributed by atoms with Crippen LogP contribution < -0.4 is 0 Å². The third-order valence-electron chi connectivity index (χ3n) is 5.50. The standard InChI is InChI=1S/C28H30O4/c1-28(2,3)24-16-14-22(15-17-24)25(27(30)32-19-21-8-6-5-7-9-21)18-20-10-12-23(13-11-20)26(29)31-4/h5-17,25H,18-19H2,1-4H3. The fourth-order valence-electron chi connectivity index (χ4n) is 3.51. The van der Waals surface area contributed by atoms with Crippen molar-refractivity contribution in [2.75, 3.05) is 7.11 Å². The first-order chi connectivity index (χ1) is 15.3. The fraction of sp³-hybridized carbons (Fsp3) is 0.286. The first kappa shape index (κ1) is 23.3. The van der Waals surface area contributed by atoms with Crippen molar-refractivity contribution in [2.45, 2.75) is 45.1 Å². The minimum absolute atomic E-state index is 0.0333. The molecule has 0 bridgehead atoms. The summed E-state index contributed by atoms with van der Waals surface area (Å²) in [6.07, 6.45) is 0.476. The number of ether oxygens (including phenoxy) is 2. The van der Waals surface area contributed by atoms with E-state index in [1.807, 2.05) is 54.6 Å². The van der Waals surface area contributed by atoms with E-state index < -0.39 is 5.92 Å². The van der Waals surface area contributed by atoms with Crippen LogP contribution in [0.15, 0.2) is 78.9 Å². The number of rotatable bonds is 7. The first-order valence-corrected chi connectivity index (χ1v) is 10.8. The molecule has 0 saturated heterocycles. The van der Waals surface area contributed by atoms with Crippen LogP contribution in [0.4, 0.5) is 0 Å². The number of hydrogen-bond donors (Lipinski definition) is 0. The normalized spacial score (nSPS) is 12.1. The van der Waals surface area contributed by atoms with Crippen molar-refractivity contribution in [3.8, 4) is 0 Å². The summed E-state index contributed by atoms with van der Waals surface area (Å²) >= 11 is 0. The average Bonchev–Trinajstić information content (AvgIpc) is 2.81. The van der Waals surface area contributed by atoms with Gasteiger partial charge in [0.15, 0.2) is 0 Å². The van der Waals surface area contributed by atoms with Gasteiger partial charge < -0.3 is 9.47 Å². The topological polar surface area (TPSA) is 52.6 Å². The van der Waals surface area contributed by atoms with E-state index in [1.54, 1.807) is 12.1 Å². The molecule has 3 aromatic rings. The molecular formula is C28H30O4. The van der Waals surface area contributed by atoms with Crippen LogP contribution in [-0.4, -0.2) is 19.0 Å². The summed E-state index contributed by atoms with van der Waals surface area (Å²) < 4.78 is 10.4. The van der Waals surface area contributed by atoms with Gasteiger partial charge in [-0.3, -0.25) is 4.79 Å². The van der Waals surface area contributed by atoms with Gasteiger partial charge in [0.05, 0.1) is 18.6 Å². The highest BCUT2D eigenvalue weighted by atomic mass is 16.5. The number of carbonyl (C=O) groups is 2. The zero-order valence-corrected chi connectivity index (χ0v) is 19.1. The Bertz CT molecular complexity index is 1030. The lowest BCUT2D eigenvalue weighted by molar-refractivity contribution is -0.146. The summed E-state index contributed by atoms with van der Waals surface area (Å²) in [6.45, 7) is 6.72. The van der Waals surface area contributed by atoms with Crippen LogP contribution in [0.5, 0.6) is 0 Å². The lowest BCUT2D eigenvalue weighted by Gasteiger charge is -2.21. The Hall–Kier alpha value is -3.40. The number of methoxy groups -OCH3 is 1. The monoisotopic (exact) mass is 430 g/mol. The highest BCUT2D eigenvalue weighted by Crippen LogP contribution is 2.28. The molecule has 0 radical (unpaired) electrons. The summed E-state index contributed by atoms with van der Waals surface area (Å²) in [7, 11) is 1.36. The number of hydrogen-bond acceptors (Lipinski definition) is 4. The second-order valence-corrected chi connectivity index (χ2v) is 8.91. The molecule has 0 heterocycles. The zero-order chi connectivity index (χ0) is 23.1. The van der Waals surface area contributed by atoms with Gasteiger partial charge in [0, 0.05) is 0 Å². The largest absolute Gasteiger partial charge is 0.465 e. The summed E-state index contributed by atoms with van der Waals surface area (Å²) in [4.78, 5) is 24.8. The average molecular weight is 431 g/mol. The van der Waals surface area contributed by atoms with Gasteiger partial charge in [0.25, 0.3) is 0 Å². The van der Waals surface area contributed by atoms with Crippen LogP contribution in [0.3, 0.4) is 0 Å². The molecular weight excluding hydrogens is 400 g/mol. The number of carbonyl (C=O) groups excluding carboxylic acids is 2. The minimum Gasteiger partial charge on any atom is -0.465 e. The van der Waals surface area contributed by atoms with Gasteiger partial charge >= 0.3 is 11.9 Å². The van der Waals surface area contributed by atoms with Gasteiger partial charge in [-0.05, 0) is 46.2 Å². The van der Waals surface area contributed by atoms with Crippen molar-refractivity contribution in [1.29, 1.82) is 0 Å². The van der Waals surface area contributed by atoms with E-state index >= 15 is 0 Å². The molecule has 0 spiro atoms. The van der Waals surface area contributed by atoms with Gasteiger partial charge in [-0.15, -0.1) is 0 Å². The summed E-state index contributed by atoms with van der Waals surface area (Å²) in [5.41, 5.74) is 4.53. The Kier molecular flexibility index (Phi) is 7.47. The van der Waals surface area contributed by atoms with E-state index in [-0.39, 0.29) is 24.0 Å². The number of esters is 2. The van der Waals surface area contributed by atoms with Gasteiger partial charge in [-0.1, -0.05) is 87.5 Å². The molecule has 32 heavy (non-hydrogen) atoms. The van der Waals surface area contributed by atoms with Crippen LogP contribution in [0.2, 0.25) is 0 Å². The predicted molar refractivity (Wildman–Crippen MR) is 126 cm³/mol. The molecule has 0 aliphatic carbocycles.